The van der Waals surface area contributed by atoms with Crippen molar-refractivity contribution in [1.29, 1.82) is 0 Å². The zero-order chi connectivity index (χ0) is 57.6. The van der Waals surface area contributed by atoms with Crippen LogP contribution < -0.4 is 0 Å². The lowest BCUT2D eigenvalue weighted by Gasteiger charge is -2.25. The lowest BCUT2D eigenvalue weighted by atomic mass is 10.1. The number of rotatable bonds is 51. The van der Waals surface area contributed by atoms with Gasteiger partial charge in [-0.15, -0.1) is 0 Å². The second-order valence-electron chi connectivity index (χ2n) is 19.8. The Balaban J connectivity index is 4.48. The third-order valence-electron chi connectivity index (χ3n) is 11.3. The minimum atomic E-state index is -1.55. The van der Waals surface area contributed by atoms with E-state index in [1.165, 1.54) is 0 Å². The molecule has 0 aliphatic carbocycles. The summed E-state index contributed by atoms with van der Waals surface area (Å²) in [6, 6.07) is 0. The van der Waals surface area contributed by atoms with Crippen molar-refractivity contribution in [3.8, 4) is 0 Å². The molecule has 438 valence electrons. The Morgan fingerprint density at radius 2 is 0.696 bits per heavy atom. The predicted molar refractivity (Wildman–Crippen MR) is 335 cm³/mol. The van der Waals surface area contributed by atoms with Gasteiger partial charge in [0, 0.05) is 12.8 Å². The third kappa shape index (κ3) is 59.6. The van der Waals surface area contributed by atoms with E-state index in [2.05, 4.69) is 208 Å². The molecule has 1 N–H and O–H groups in total. The molecule has 0 radical (unpaired) electrons. The van der Waals surface area contributed by atoms with Crippen LogP contribution in [0.15, 0.2) is 194 Å². The predicted octanol–water partition coefficient (Wildman–Crippen LogP) is 17.9. The molecule has 0 heterocycles. The number of hydrogen-bond acceptors (Lipinski definition) is 7. The molecule has 0 saturated carbocycles. The van der Waals surface area contributed by atoms with Gasteiger partial charge in [-0.3, -0.25) is 9.59 Å². The first-order valence-corrected chi connectivity index (χ1v) is 29.6. The summed E-state index contributed by atoms with van der Waals surface area (Å²) in [6.45, 7) is 4.49. The summed E-state index contributed by atoms with van der Waals surface area (Å²) in [5, 5.41) is 9.71. The van der Waals surface area contributed by atoms with Crippen LogP contribution in [0.5, 0.6) is 0 Å². The van der Waals surface area contributed by atoms with Crippen molar-refractivity contribution in [3.05, 3.63) is 194 Å². The highest BCUT2D eigenvalue weighted by molar-refractivity contribution is 5.71. The molecule has 0 aromatic heterocycles. The van der Waals surface area contributed by atoms with Gasteiger partial charge in [-0.2, -0.15) is 0 Å². The van der Waals surface area contributed by atoms with Gasteiger partial charge < -0.3 is 28.5 Å². The molecule has 79 heavy (non-hydrogen) atoms. The number of nitrogens with zero attached hydrogens (tertiary/aromatic N) is 1. The molecule has 0 saturated heterocycles. The molecule has 0 aliphatic heterocycles. The topological polar surface area (TPSA) is 108 Å². The number of carbonyl (C=O) groups is 3. The minimum Gasteiger partial charge on any atom is -0.477 e. The largest absolute Gasteiger partial charge is 0.477 e. The molecule has 2 unspecified atom stereocenters. The van der Waals surface area contributed by atoms with Gasteiger partial charge >= 0.3 is 17.9 Å². The van der Waals surface area contributed by atoms with Crippen molar-refractivity contribution in [2.45, 2.75) is 180 Å². The first kappa shape index (κ1) is 73.1. The summed E-state index contributed by atoms with van der Waals surface area (Å²) in [6.07, 6.45) is 88.0. The van der Waals surface area contributed by atoms with E-state index in [9.17, 15) is 19.5 Å². The van der Waals surface area contributed by atoms with Crippen molar-refractivity contribution in [3.63, 3.8) is 0 Å². The summed E-state index contributed by atoms with van der Waals surface area (Å²) in [7, 11) is 5.92. The summed E-state index contributed by atoms with van der Waals surface area (Å²) in [5.74, 6) is -2.16. The molecule has 0 aliphatic rings. The van der Waals surface area contributed by atoms with Crippen molar-refractivity contribution in [2.24, 2.45) is 0 Å². The van der Waals surface area contributed by atoms with E-state index in [-0.39, 0.29) is 32.7 Å². The normalized spacial score (nSPS) is 14.2. The van der Waals surface area contributed by atoms with Crippen LogP contribution in [0.1, 0.15) is 168 Å². The molecular weight excluding hydrogens is 983 g/mol. The van der Waals surface area contributed by atoms with Crippen LogP contribution in [0, 0.1) is 0 Å². The second kappa shape index (κ2) is 58.3. The number of esters is 2. The number of likely N-dealkylation sites (N-methyl/N-ethyl adjacent to an activating group) is 1. The number of ether oxygens (including phenoxy) is 4. The van der Waals surface area contributed by atoms with Crippen molar-refractivity contribution < 1.29 is 42.9 Å². The Morgan fingerprint density at radius 3 is 1.03 bits per heavy atom. The number of carboxylic acid groups (broad SMARTS) is 1. The fraction of sp³-hybridized carbons (Fsp3) is 0.500. The van der Waals surface area contributed by atoms with Gasteiger partial charge in [-0.05, 0) is 135 Å². The van der Waals surface area contributed by atoms with E-state index in [0.29, 0.717) is 23.9 Å². The number of unbranched alkanes of at least 4 members (excludes halogenated alkanes) is 4. The van der Waals surface area contributed by atoms with E-state index in [4.69, 9.17) is 18.9 Å². The monoisotopic (exact) mass is 1090 g/mol. The number of carbonyl (C=O) groups excluding carboxylic acids is 2. The lowest BCUT2D eigenvalue weighted by molar-refractivity contribution is -0.870. The van der Waals surface area contributed by atoms with Gasteiger partial charge in [0.25, 0.3) is 6.29 Å². The highest BCUT2D eigenvalue weighted by Crippen LogP contribution is 2.10. The highest BCUT2D eigenvalue weighted by Gasteiger charge is 2.25. The number of aliphatic carboxylic acids is 1. The van der Waals surface area contributed by atoms with Gasteiger partial charge in [-0.25, -0.2) is 4.79 Å². The first-order valence-electron chi connectivity index (χ1n) is 29.6. The Morgan fingerprint density at radius 1 is 0.380 bits per heavy atom. The fourth-order valence-corrected chi connectivity index (χ4v) is 6.87. The van der Waals surface area contributed by atoms with Crippen LogP contribution in [0.3, 0.4) is 0 Å². The number of quaternary nitrogens is 1. The van der Waals surface area contributed by atoms with E-state index in [1.807, 2.05) is 21.1 Å². The number of hydrogen-bond donors (Lipinski definition) is 1. The fourth-order valence-electron chi connectivity index (χ4n) is 6.87. The van der Waals surface area contributed by atoms with Crippen LogP contribution in [-0.2, 0) is 33.3 Å². The maximum Gasteiger partial charge on any atom is 0.361 e. The van der Waals surface area contributed by atoms with E-state index >= 15 is 0 Å². The standard InChI is InChI=1S/C70H105NO8/c1-6-8-10-12-14-16-18-20-22-24-26-28-30-31-32-33-34-35-36-37-39-41-43-45-47-49-51-53-55-57-59-61-68(73)79-66(65-78-70(69(74)75)76-63-62-71(3,4)5)64-77-67(72)60-58-56-54-52-50-48-46-44-42-40-38-29-27-25-23-21-19-17-15-13-11-9-7-2/h8-11,14-17,20-23,26-29,31-32,34-35,37,39-40,42-43,45-46,48-49,51-52,54,66,70H,6-7,12-13,18-19,24-25,30,33,36,38,41,44,47,50,53,55-65H2,1-5H3/p+1/b10-8-,11-9-,16-14-,17-15-,22-20-,23-21-,28-26-,29-27-,32-31-,35-34-,39-37-,42-40-,45-43-,48-46-,51-49-,54-52-. The zero-order valence-corrected chi connectivity index (χ0v) is 49.7. The van der Waals surface area contributed by atoms with E-state index in [0.717, 1.165) is 128 Å². The third-order valence-corrected chi connectivity index (χ3v) is 11.3. The lowest BCUT2D eigenvalue weighted by Crippen LogP contribution is -2.40. The first-order chi connectivity index (χ1) is 38.6. The van der Waals surface area contributed by atoms with Gasteiger partial charge in [0.1, 0.15) is 13.2 Å². The van der Waals surface area contributed by atoms with E-state index in [1.54, 1.807) is 0 Å². The Bertz CT molecular complexity index is 1990. The van der Waals surface area contributed by atoms with Crippen LogP contribution >= 0.6 is 0 Å². The smallest absolute Gasteiger partial charge is 0.361 e. The van der Waals surface area contributed by atoms with Gasteiger partial charge in [0.2, 0.25) is 0 Å². The molecule has 9 heteroatoms. The molecule has 0 amide bonds. The van der Waals surface area contributed by atoms with Crippen LogP contribution in [0.25, 0.3) is 0 Å². The molecule has 0 rings (SSSR count). The Kier molecular flexibility index (Phi) is 54.0. The van der Waals surface area contributed by atoms with Crippen LogP contribution in [0.4, 0.5) is 0 Å². The molecule has 0 fully saturated rings. The average molecular weight is 1090 g/mol. The number of allylic oxidation sites excluding steroid dienone is 32. The molecular formula is C70H106NO8+. The van der Waals surface area contributed by atoms with Gasteiger partial charge in [-0.1, -0.05) is 215 Å². The molecule has 2 atom stereocenters. The quantitative estimate of drug-likeness (QED) is 0.0211. The minimum absolute atomic E-state index is 0.159. The molecule has 9 nitrogen and oxygen atoms in total. The van der Waals surface area contributed by atoms with Crippen molar-refractivity contribution in [1.82, 2.24) is 0 Å². The SMILES string of the molecule is CC/C=C\C/C=C\C/C=C\C/C=C\C/C=C\C/C=C\C/C=C\C/C=C\C/C=C\CCCCCC(=O)OC(COC(=O)CCC/C=C\C/C=C\C/C=C\C/C=C\C/C=C\C/C=C\C/C=C\CC)COC(OCC[N+](C)(C)C)C(=O)O. The van der Waals surface area contributed by atoms with E-state index < -0.39 is 30.3 Å². The highest BCUT2D eigenvalue weighted by atomic mass is 16.7. The maximum atomic E-state index is 12.9. The summed E-state index contributed by atoms with van der Waals surface area (Å²) < 4.78 is 22.7. The zero-order valence-electron chi connectivity index (χ0n) is 49.7. The molecule has 0 aromatic rings. The summed E-state index contributed by atoms with van der Waals surface area (Å²) in [5.41, 5.74) is 0. The van der Waals surface area contributed by atoms with Gasteiger partial charge in [0.15, 0.2) is 6.10 Å². The van der Waals surface area contributed by atoms with Crippen molar-refractivity contribution in [2.75, 3.05) is 47.5 Å². The van der Waals surface area contributed by atoms with Crippen LogP contribution in [-0.4, -0.2) is 87.4 Å². The second-order valence-corrected chi connectivity index (χ2v) is 19.8. The summed E-state index contributed by atoms with van der Waals surface area (Å²) in [4.78, 5) is 37.4. The van der Waals surface area contributed by atoms with Gasteiger partial charge in [0.05, 0.1) is 34.4 Å². The average Bonchev–Trinajstić information content (AvgIpc) is 3.42. The number of carboxylic acids is 1. The van der Waals surface area contributed by atoms with Crippen LogP contribution in [0.2, 0.25) is 0 Å². The Labute approximate surface area is 481 Å². The summed E-state index contributed by atoms with van der Waals surface area (Å²) >= 11 is 0. The molecule has 0 bridgehead atoms. The molecule has 0 spiro atoms. The Hall–Kier alpha value is -5.87. The maximum absolute atomic E-state index is 12.9. The molecule has 0 aromatic carbocycles. The van der Waals surface area contributed by atoms with Crippen molar-refractivity contribution >= 4 is 17.9 Å².